The molecule has 0 radical (unpaired) electrons. The Kier molecular flexibility index (Phi) is 6.64. The molecule has 1 atom stereocenters. The average Bonchev–Trinajstić information content (AvgIpc) is 2.46. The smallest absolute Gasteiger partial charge is 0.309 e. The van der Waals surface area contributed by atoms with Crippen LogP contribution in [0.1, 0.15) is 39.5 Å². The summed E-state index contributed by atoms with van der Waals surface area (Å²) in [7, 11) is -4.20. The van der Waals surface area contributed by atoms with Crippen LogP contribution < -0.4 is 0 Å². The first-order chi connectivity index (χ1) is 11.1. The summed E-state index contributed by atoms with van der Waals surface area (Å²) < 4.78 is 42.4. The summed E-state index contributed by atoms with van der Waals surface area (Å²) in [6.45, 7) is 7.15. The molecule has 2 rings (SSSR count). The van der Waals surface area contributed by atoms with Crippen LogP contribution in [0.3, 0.4) is 0 Å². The van der Waals surface area contributed by atoms with E-state index in [1.54, 1.807) is 0 Å². The van der Waals surface area contributed by atoms with Crippen molar-refractivity contribution in [1.29, 1.82) is 0 Å². The van der Waals surface area contributed by atoms with E-state index in [0.29, 0.717) is 32.8 Å². The van der Waals surface area contributed by atoms with Gasteiger partial charge in [-0.05, 0) is 31.1 Å². The molecular weight excluding hydrogens is 334 g/mol. The van der Waals surface area contributed by atoms with Crippen LogP contribution in [0.25, 0.3) is 0 Å². The van der Waals surface area contributed by atoms with E-state index in [1.165, 1.54) is 0 Å². The highest BCUT2D eigenvalue weighted by molar-refractivity contribution is 7.85. The van der Waals surface area contributed by atoms with Crippen molar-refractivity contribution in [3.8, 4) is 0 Å². The maximum Gasteiger partial charge on any atom is 0.309 e. The molecule has 0 bridgehead atoms. The third-order valence-corrected chi connectivity index (χ3v) is 5.71. The van der Waals surface area contributed by atoms with Crippen molar-refractivity contribution in [3.05, 3.63) is 0 Å². The highest BCUT2D eigenvalue weighted by Gasteiger charge is 2.33. The molecule has 1 N–H and O–H groups in total. The molecule has 7 nitrogen and oxygen atoms in total. The van der Waals surface area contributed by atoms with Gasteiger partial charge in [0.2, 0.25) is 0 Å². The quantitative estimate of drug-likeness (QED) is 0.562. The Morgan fingerprint density at radius 1 is 1.29 bits per heavy atom. The number of nitrogens with zero attached hydrogens (tertiary/aromatic N) is 1. The zero-order valence-corrected chi connectivity index (χ0v) is 15.4. The van der Waals surface area contributed by atoms with Crippen LogP contribution in [0, 0.1) is 11.3 Å². The fourth-order valence-corrected chi connectivity index (χ4v) is 3.97. The summed E-state index contributed by atoms with van der Waals surface area (Å²) in [6, 6.07) is 0. The predicted molar refractivity (Wildman–Crippen MR) is 89.3 cm³/mol. The summed E-state index contributed by atoms with van der Waals surface area (Å²) >= 11 is 0. The number of hydrogen-bond donors (Lipinski definition) is 1. The van der Waals surface area contributed by atoms with Crippen LogP contribution in [0.15, 0.2) is 0 Å². The number of hydrogen-bond acceptors (Lipinski definition) is 6. The summed E-state index contributed by atoms with van der Waals surface area (Å²) in [5, 5.41) is 0. The number of carbonyl (C=O) groups is 1. The second-order valence-corrected chi connectivity index (χ2v) is 9.16. The lowest BCUT2D eigenvalue weighted by Crippen LogP contribution is -2.45. The third kappa shape index (κ3) is 6.66. The third-order valence-electron chi connectivity index (χ3n) is 4.92. The number of rotatable bonds is 6. The Bertz CT molecular complexity index is 517. The van der Waals surface area contributed by atoms with Crippen molar-refractivity contribution in [2.45, 2.75) is 45.6 Å². The first kappa shape index (κ1) is 19.6. The molecule has 1 saturated carbocycles. The zero-order valence-electron chi connectivity index (χ0n) is 14.6. The van der Waals surface area contributed by atoms with E-state index in [0.717, 1.165) is 25.7 Å². The van der Waals surface area contributed by atoms with Crippen LogP contribution in [0.4, 0.5) is 0 Å². The minimum atomic E-state index is -4.20. The van der Waals surface area contributed by atoms with Gasteiger partial charge in [0.1, 0.15) is 11.9 Å². The van der Waals surface area contributed by atoms with Crippen molar-refractivity contribution in [2.24, 2.45) is 11.3 Å². The van der Waals surface area contributed by atoms with Crippen molar-refractivity contribution in [3.63, 3.8) is 0 Å². The molecule has 24 heavy (non-hydrogen) atoms. The maximum atomic E-state index is 12.4. The van der Waals surface area contributed by atoms with Gasteiger partial charge in [-0.25, -0.2) is 0 Å². The van der Waals surface area contributed by atoms with Gasteiger partial charge in [0.15, 0.2) is 0 Å². The molecular formula is C16H29NO6S. The molecule has 1 heterocycles. The van der Waals surface area contributed by atoms with E-state index in [2.05, 4.69) is 13.8 Å². The minimum absolute atomic E-state index is 0.174. The van der Waals surface area contributed by atoms with E-state index in [9.17, 15) is 13.2 Å². The van der Waals surface area contributed by atoms with Crippen molar-refractivity contribution in [1.82, 2.24) is 4.90 Å². The first-order valence-electron chi connectivity index (χ1n) is 8.60. The van der Waals surface area contributed by atoms with Crippen LogP contribution in [-0.4, -0.2) is 68.5 Å². The van der Waals surface area contributed by atoms with Crippen molar-refractivity contribution in [2.75, 3.05) is 38.6 Å². The van der Waals surface area contributed by atoms with Crippen LogP contribution in [0.5, 0.6) is 0 Å². The minimum Gasteiger partial charge on any atom is -0.460 e. The van der Waals surface area contributed by atoms with Gasteiger partial charge in [-0.2, -0.15) is 8.42 Å². The molecule has 1 unspecified atom stereocenters. The van der Waals surface area contributed by atoms with Crippen LogP contribution in [0.2, 0.25) is 0 Å². The highest BCUT2D eigenvalue weighted by Crippen LogP contribution is 2.38. The molecule has 0 amide bonds. The van der Waals surface area contributed by atoms with Gasteiger partial charge in [0.05, 0.1) is 19.1 Å². The lowest BCUT2D eigenvalue weighted by Gasteiger charge is -2.34. The molecule has 2 fully saturated rings. The topological polar surface area (TPSA) is 93.1 Å². The SMILES string of the molecule is CC1(C)CCC(C(=O)OC(CN2CCOCC2)CS(=O)(=O)O)CC1. The summed E-state index contributed by atoms with van der Waals surface area (Å²) in [4.78, 5) is 14.4. The van der Waals surface area contributed by atoms with E-state index in [1.807, 2.05) is 4.90 Å². The number of ether oxygens (including phenoxy) is 2. The Labute approximate surface area is 144 Å². The Balaban J connectivity index is 1.92. The summed E-state index contributed by atoms with van der Waals surface area (Å²) in [5.74, 6) is -1.08. The number of morpholine rings is 1. The molecule has 1 saturated heterocycles. The molecule has 0 aromatic carbocycles. The second kappa shape index (κ2) is 8.12. The monoisotopic (exact) mass is 363 g/mol. The summed E-state index contributed by atoms with van der Waals surface area (Å²) in [6.07, 6.45) is 2.60. The average molecular weight is 363 g/mol. The summed E-state index contributed by atoms with van der Waals surface area (Å²) in [5.41, 5.74) is 0.248. The van der Waals surface area contributed by atoms with Gasteiger partial charge >= 0.3 is 5.97 Å². The molecule has 8 heteroatoms. The Morgan fingerprint density at radius 2 is 1.88 bits per heavy atom. The molecule has 0 aromatic rings. The lowest BCUT2D eigenvalue weighted by molar-refractivity contribution is -0.156. The molecule has 1 aliphatic heterocycles. The molecule has 140 valence electrons. The largest absolute Gasteiger partial charge is 0.460 e. The number of esters is 1. The normalized spacial score (nSPS) is 24.5. The predicted octanol–water partition coefficient (Wildman–Crippen LogP) is 1.33. The zero-order chi connectivity index (χ0) is 17.8. The standard InChI is InChI=1S/C16H29NO6S/c1-16(2)5-3-13(4-6-16)15(18)23-14(12-24(19,20)21)11-17-7-9-22-10-8-17/h13-14H,3-12H2,1-2H3,(H,19,20,21). The Morgan fingerprint density at radius 3 is 2.42 bits per heavy atom. The lowest BCUT2D eigenvalue weighted by atomic mass is 9.73. The van der Waals surface area contributed by atoms with Gasteiger partial charge in [-0.15, -0.1) is 0 Å². The second-order valence-electron chi connectivity index (χ2n) is 7.66. The molecule has 0 aromatic heterocycles. The van der Waals surface area contributed by atoms with E-state index in [4.69, 9.17) is 14.0 Å². The van der Waals surface area contributed by atoms with Gasteiger partial charge in [0, 0.05) is 19.6 Å². The number of carbonyl (C=O) groups excluding carboxylic acids is 1. The van der Waals surface area contributed by atoms with Crippen molar-refractivity contribution >= 4 is 16.1 Å². The fraction of sp³-hybridized carbons (Fsp3) is 0.938. The molecule has 1 aliphatic carbocycles. The van der Waals surface area contributed by atoms with E-state index in [-0.39, 0.29) is 17.3 Å². The molecule has 2 aliphatic rings. The van der Waals surface area contributed by atoms with Crippen LogP contribution >= 0.6 is 0 Å². The van der Waals surface area contributed by atoms with Crippen molar-refractivity contribution < 1.29 is 27.2 Å². The van der Waals surface area contributed by atoms with Gasteiger partial charge in [0.25, 0.3) is 10.1 Å². The van der Waals surface area contributed by atoms with E-state index >= 15 is 0 Å². The highest BCUT2D eigenvalue weighted by atomic mass is 32.2. The van der Waals surface area contributed by atoms with Crippen LogP contribution in [-0.2, 0) is 24.4 Å². The maximum absolute atomic E-state index is 12.4. The van der Waals surface area contributed by atoms with E-state index < -0.39 is 22.0 Å². The first-order valence-corrected chi connectivity index (χ1v) is 10.2. The Hall–Kier alpha value is -0.700. The van der Waals surface area contributed by atoms with Gasteiger partial charge in [-0.1, -0.05) is 13.8 Å². The molecule has 0 spiro atoms. The van der Waals surface area contributed by atoms with Gasteiger partial charge < -0.3 is 9.47 Å². The van der Waals surface area contributed by atoms with Gasteiger partial charge in [-0.3, -0.25) is 14.2 Å². The fourth-order valence-electron chi connectivity index (χ4n) is 3.33.